The summed E-state index contributed by atoms with van der Waals surface area (Å²) in [5.41, 5.74) is -2.68. The van der Waals surface area contributed by atoms with Gasteiger partial charge >= 0.3 is 6.18 Å². The summed E-state index contributed by atoms with van der Waals surface area (Å²) < 4.78 is 55.1. The molecular weight excluding hydrogens is 366 g/mol. The lowest BCUT2D eigenvalue weighted by Crippen LogP contribution is -2.27. The lowest BCUT2D eigenvalue weighted by Gasteiger charge is -2.16. The lowest BCUT2D eigenvalue weighted by molar-refractivity contribution is -0.137. The van der Waals surface area contributed by atoms with Crippen LogP contribution >= 0.6 is 0 Å². The molecule has 5 nitrogen and oxygen atoms in total. The van der Waals surface area contributed by atoms with Crippen molar-refractivity contribution >= 4 is 5.91 Å². The zero-order valence-corrected chi connectivity index (χ0v) is 15.0. The zero-order chi connectivity index (χ0) is 20.4. The van der Waals surface area contributed by atoms with E-state index in [1.165, 1.54) is 0 Å². The van der Waals surface area contributed by atoms with Crippen molar-refractivity contribution < 1.29 is 22.4 Å². The van der Waals surface area contributed by atoms with Crippen molar-refractivity contribution in [2.75, 3.05) is 0 Å². The number of carbonyl (C=O) groups excluding carboxylic acids is 1. The summed E-state index contributed by atoms with van der Waals surface area (Å²) in [5.74, 6) is -2.41. The number of benzene rings is 1. The van der Waals surface area contributed by atoms with Crippen molar-refractivity contribution in [1.29, 1.82) is 0 Å². The van der Waals surface area contributed by atoms with Gasteiger partial charge in [-0.3, -0.25) is 9.59 Å². The van der Waals surface area contributed by atoms with Crippen molar-refractivity contribution in [1.82, 2.24) is 15.3 Å². The summed E-state index contributed by atoms with van der Waals surface area (Å²) >= 11 is 0. The summed E-state index contributed by atoms with van der Waals surface area (Å²) in [6.45, 7) is 4.65. The van der Waals surface area contributed by atoms with Crippen LogP contribution in [0.3, 0.4) is 0 Å². The van der Waals surface area contributed by atoms with Crippen molar-refractivity contribution in [2.45, 2.75) is 39.9 Å². The normalized spacial score (nSPS) is 11.7. The minimum Gasteiger partial charge on any atom is -0.352 e. The van der Waals surface area contributed by atoms with Crippen LogP contribution in [0.1, 0.15) is 37.6 Å². The van der Waals surface area contributed by atoms with Gasteiger partial charge in [0.2, 0.25) is 5.91 Å². The van der Waals surface area contributed by atoms with E-state index in [0.29, 0.717) is 12.5 Å². The highest BCUT2D eigenvalue weighted by molar-refractivity contribution is 5.77. The fraction of sp³-hybridized carbons (Fsp3) is 0.389. The van der Waals surface area contributed by atoms with Gasteiger partial charge in [0.15, 0.2) is 0 Å². The molecule has 0 bridgehead atoms. The van der Waals surface area contributed by atoms with E-state index in [2.05, 4.69) is 15.3 Å². The van der Waals surface area contributed by atoms with Gasteiger partial charge in [-0.05, 0) is 12.5 Å². The Labute approximate surface area is 152 Å². The molecule has 0 aliphatic carbocycles. The van der Waals surface area contributed by atoms with Crippen molar-refractivity contribution in [3.63, 3.8) is 0 Å². The first kappa shape index (κ1) is 20.6. The molecule has 2 rings (SSSR count). The van der Waals surface area contributed by atoms with Crippen LogP contribution in [0.15, 0.2) is 23.0 Å². The molecule has 0 aliphatic rings. The number of hydrogen-bond acceptors (Lipinski definition) is 3. The van der Waals surface area contributed by atoms with Crippen molar-refractivity contribution in [2.24, 2.45) is 5.92 Å². The molecule has 9 heteroatoms. The topological polar surface area (TPSA) is 74.8 Å². The molecule has 0 unspecified atom stereocenters. The number of H-pyrrole nitrogens is 1. The molecule has 2 N–H and O–H groups in total. The molecule has 0 radical (unpaired) electrons. The van der Waals surface area contributed by atoms with Gasteiger partial charge in [-0.2, -0.15) is 13.2 Å². The Morgan fingerprint density at radius 3 is 2.52 bits per heavy atom. The minimum atomic E-state index is -4.85. The summed E-state index contributed by atoms with van der Waals surface area (Å²) in [6, 6.07) is 2.82. The van der Waals surface area contributed by atoms with Crippen molar-refractivity contribution in [3.05, 3.63) is 51.2 Å². The van der Waals surface area contributed by atoms with E-state index in [4.69, 9.17) is 0 Å². The summed E-state index contributed by atoms with van der Waals surface area (Å²) in [4.78, 5) is 29.5. The average Bonchev–Trinajstić information content (AvgIpc) is 2.58. The number of nitrogens with zero attached hydrogens (tertiary/aromatic N) is 1. The predicted octanol–water partition coefficient (Wildman–Crippen LogP) is 3.43. The van der Waals surface area contributed by atoms with Gasteiger partial charge < -0.3 is 10.3 Å². The Kier molecular flexibility index (Phi) is 6.02. The van der Waals surface area contributed by atoms with E-state index in [1.807, 2.05) is 0 Å². The van der Waals surface area contributed by atoms with E-state index in [9.17, 15) is 27.2 Å². The third kappa shape index (κ3) is 4.72. The Hall–Kier alpha value is -2.71. The Balaban J connectivity index is 2.62. The SMILES string of the molecule is CCc1cc(=O)[nH]c(-c2c(C(F)(F)F)ccc(CNC(=O)C(C)C)c2F)n1. The quantitative estimate of drug-likeness (QED) is 0.775. The van der Waals surface area contributed by atoms with Gasteiger partial charge in [0.05, 0.1) is 11.1 Å². The van der Waals surface area contributed by atoms with Gasteiger partial charge in [-0.25, -0.2) is 9.37 Å². The maximum Gasteiger partial charge on any atom is 0.417 e. The number of aromatic nitrogens is 2. The van der Waals surface area contributed by atoms with Crippen LogP contribution in [-0.4, -0.2) is 15.9 Å². The fourth-order valence-corrected chi connectivity index (χ4v) is 2.42. The number of halogens is 4. The summed E-state index contributed by atoms with van der Waals surface area (Å²) in [5, 5.41) is 2.46. The number of amides is 1. The summed E-state index contributed by atoms with van der Waals surface area (Å²) in [7, 11) is 0. The molecule has 1 aromatic heterocycles. The first-order chi connectivity index (χ1) is 12.5. The molecule has 0 aliphatic heterocycles. The van der Waals surface area contributed by atoms with Crippen LogP contribution in [0.25, 0.3) is 11.4 Å². The maximum absolute atomic E-state index is 15.0. The highest BCUT2D eigenvalue weighted by atomic mass is 19.4. The molecule has 0 saturated heterocycles. The van der Waals surface area contributed by atoms with Crippen LogP contribution in [-0.2, 0) is 23.9 Å². The van der Waals surface area contributed by atoms with Crippen LogP contribution in [0, 0.1) is 11.7 Å². The highest BCUT2D eigenvalue weighted by Crippen LogP contribution is 2.38. The first-order valence-corrected chi connectivity index (χ1v) is 8.31. The number of aromatic amines is 1. The molecule has 1 heterocycles. The van der Waals surface area contributed by atoms with Gasteiger partial charge in [0.1, 0.15) is 11.6 Å². The first-order valence-electron chi connectivity index (χ1n) is 8.31. The Morgan fingerprint density at radius 2 is 1.96 bits per heavy atom. The van der Waals surface area contributed by atoms with Gasteiger partial charge in [-0.1, -0.05) is 26.8 Å². The molecule has 0 saturated carbocycles. The minimum absolute atomic E-state index is 0.142. The van der Waals surface area contributed by atoms with Crippen LogP contribution in [0.5, 0.6) is 0 Å². The number of rotatable bonds is 5. The summed E-state index contributed by atoms with van der Waals surface area (Å²) in [6.07, 6.45) is -4.55. The molecule has 1 aromatic carbocycles. The Morgan fingerprint density at radius 1 is 1.30 bits per heavy atom. The lowest BCUT2D eigenvalue weighted by atomic mass is 10.0. The smallest absolute Gasteiger partial charge is 0.352 e. The third-order valence-electron chi connectivity index (χ3n) is 3.90. The fourth-order valence-electron chi connectivity index (χ4n) is 2.42. The number of alkyl halides is 3. The van der Waals surface area contributed by atoms with Gasteiger partial charge in [0.25, 0.3) is 5.56 Å². The van der Waals surface area contributed by atoms with Crippen LogP contribution in [0.4, 0.5) is 17.6 Å². The molecule has 0 spiro atoms. The number of hydrogen-bond donors (Lipinski definition) is 2. The van der Waals surface area contributed by atoms with Crippen LogP contribution < -0.4 is 10.9 Å². The van der Waals surface area contributed by atoms with E-state index >= 15 is 0 Å². The van der Waals surface area contributed by atoms with E-state index in [0.717, 1.165) is 12.1 Å². The predicted molar refractivity (Wildman–Crippen MR) is 91.3 cm³/mol. The number of nitrogens with one attached hydrogen (secondary N) is 2. The molecule has 2 aromatic rings. The van der Waals surface area contributed by atoms with Crippen LogP contribution in [0.2, 0.25) is 0 Å². The standard InChI is InChI=1S/C18H19F4N3O2/c1-4-11-7-13(26)25-16(24-11)14-12(18(20,21)22)6-5-10(15(14)19)8-23-17(27)9(2)3/h5-7,9H,4,8H2,1-3H3,(H,23,27)(H,24,25,26). The molecule has 27 heavy (non-hydrogen) atoms. The number of carbonyl (C=O) groups is 1. The second-order valence-corrected chi connectivity index (χ2v) is 6.27. The van der Waals surface area contributed by atoms with E-state index in [1.54, 1.807) is 20.8 Å². The number of aryl methyl sites for hydroxylation is 1. The zero-order valence-electron chi connectivity index (χ0n) is 15.0. The molecule has 0 fully saturated rings. The van der Waals surface area contributed by atoms with E-state index < -0.39 is 34.5 Å². The molecule has 146 valence electrons. The average molecular weight is 385 g/mol. The molecular formula is C18H19F4N3O2. The largest absolute Gasteiger partial charge is 0.417 e. The molecule has 0 atom stereocenters. The Bertz CT molecular complexity index is 904. The highest BCUT2D eigenvalue weighted by Gasteiger charge is 2.36. The second-order valence-electron chi connectivity index (χ2n) is 6.27. The second kappa shape index (κ2) is 7.89. The van der Waals surface area contributed by atoms with E-state index in [-0.39, 0.29) is 29.6 Å². The van der Waals surface area contributed by atoms with Crippen molar-refractivity contribution in [3.8, 4) is 11.4 Å². The third-order valence-corrected chi connectivity index (χ3v) is 3.90. The van der Waals surface area contributed by atoms with Gasteiger partial charge in [0, 0.05) is 29.8 Å². The monoisotopic (exact) mass is 385 g/mol. The maximum atomic E-state index is 15.0. The van der Waals surface area contributed by atoms with Gasteiger partial charge in [-0.15, -0.1) is 0 Å². The molecule has 1 amide bonds.